The van der Waals surface area contributed by atoms with E-state index in [9.17, 15) is 34.7 Å². The molecule has 0 unspecified atom stereocenters. The van der Waals surface area contributed by atoms with Crippen molar-refractivity contribution >= 4 is 20.2 Å². The van der Waals surface area contributed by atoms with Crippen LogP contribution in [0.25, 0.3) is 0 Å². The Balaban J connectivity index is 0.000000403. The minimum Gasteiger partial charge on any atom is -0.744 e. The Morgan fingerprint density at radius 2 is 0.913 bits per heavy atom. The molecular weight excluding hydrogens is 494 g/mol. The Morgan fingerprint density at radius 3 is 1.09 bits per heavy atom. The zero-order chi connectivity index (χ0) is 17.0. The number of halogens is 2. The zero-order valence-corrected chi connectivity index (χ0v) is 15.1. The first-order valence-electron chi connectivity index (χ1n) is 5.44. The molecule has 0 aromatic heterocycles. The first kappa shape index (κ1) is 22.7. The number of hydrogen-bond acceptors (Lipinski definition) is 6. The largest absolute Gasteiger partial charge is 2.00 e. The van der Waals surface area contributed by atoms with E-state index < -0.39 is 41.7 Å². The number of rotatable bonds is 2. The normalized spacial score (nSPS) is 11.0. The molecule has 2 aromatic rings. The second kappa shape index (κ2) is 9.26. The molecule has 2 aromatic carbocycles. The van der Waals surface area contributed by atoms with Gasteiger partial charge in [0.2, 0.25) is 0 Å². The van der Waals surface area contributed by atoms with Crippen LogP contribution in [0.15, 0.2) is 58.3 Å². The molecule has 0 saturated carbocycles. The van der Waals surface area contributed by atoms with E-state index in [0.717, 1.165) is 24.3 Å². The summed E-state index contributed by atoms with van der Waals surface area (Å²) in [5.41, 5.74) is 0. The molecule has 0 aliphatic heterocycles. The molecule has 125 valence electrons. The smallest absolute Gasteiger partial charge is 0.744 e. The zero-order valence-electron chi connectivity index (χ0n) is 11.0. The fourth-order valence-electron chi connectivity index (χ4n) is 1.29. The molecule has 0 aliphatic rings. The van der Waals surface area contributed by atoms with Gasteiger partial charge in [-0.3, -0.25) is 0 Å². The minimum absolute atomic E-state index is 0. The van der Waals surface area contributed by atoms with Crippen LogP contribution in [-0.2, 0) is 20.2 Å². The van der Waals surface area contributed by atoms with E-state index in [-0.39, 0.29) is 49.4 Å². The number of benzene rings is 2. The predicted octanol–water partition coefficient (Wildman–Crippen LogP) is 1.46. The Kier molecular flexibility index (Phi) is 9.14. The molecule has 0 heterocycles. The van der Waals surface area contributed by atoms with E-state index in [1.54, 1.807) is 0 Å². The summed E-state index contributed by atoms with van der Waals surface area (Å²) in [6.07, 6.45) is 0. The van der Waals surface area contributed by atoms with E-state index in [0.29, 0.717) is 0 Å². The summed E-state index contributed by atoms with van der Waals surface area (Å²) in [6.45, 7) is 0. The molecule has 11 heteroatoms. The fourth-order valence-corrected chi connectivity index (χ4v) is 2.40. The van der Waals surface area contributed by atoms with Crippen LogP contribution in [0, 0.1) is 61.0 Å². The summed E-state index contributed by atoms with van der Waals surface area (Å²) in [6, 6.07) is 8.89. The molecule has 0 spiro atoms. The van der Waals surface area contributed by atoms with Gasteiger partial charge in [0, 0.05) is 0 Å². The Labute approximate surface area is 172 Å². The first-order chi connectivity index (χ1) is 10.0. The van der Waals surface area contributed by atoms with Crippen molar-refractivity contribution in [3.05, 3.63) is 60.2 Å². The standard InChI is InChI=1S/2C6H5FO3S.Eu/c2*7-5-3-1-2-4-6(5)11(8,9)10;/h2*1-4H,(H,8,9,10);/q;;+2/p-2. The summed E-state index contributed by atoms with van der Waals surface area (Å²) in [4.78, 5) is -1.61. The second-order valence-corrected chi connectivity index (χ2v) is 6.47. The maximum Gasteiger partial charge on any atom is 2.00 e. The van der Waals surface area contributed by atoms with Gasteiger partial charge < -0.3 is 9.11 Å². The summed E-state index contributed by atoms with van der Waals surface area (Å²) < 4.78 is 86.6. The van der Waals surface area contributed by atoms with Crippen molar-refractivity contribution in [2.45, 2.75) is 9.79 Å². The van der Waals surface area contributed by atoms with Crippen molar-refractivity contribution in [2.75, 3.05) is 0 Å². The van der Waals surface area contributed by atoms with E-state index in [4.69, 9.17) is 0 Å². The van der Waals surface area contributed by atoms with Gasteiger partial charge in [-0.25, -0.2) is 25.6 Å². The molecule has 6 nitrogen and oxygen atoms in total. The van der Waals surface area contributed by atoms with Crippen molar-refractivity contribution in [2.24, 2.45) is 0 Å². The van der Waals surface area contributed by atoms with Gasteiger partial charge in [0.15, 0.2) is 0 Å². The predicted molar refractivity (Wildman–Crippen MR) is 68.7 cm³/mol. The summed E-state index contributed by atoms with van der Waals surface area (Å²) in [5, 5.41) is 0. The van der Waals surface area contributed by atoms with Crippen molar-refractivity contribution in [1.82, 2.24) is 0 Å². The van der Waals surface area contributed by atoms with E-state index in [2.05, 4.69) is 0 Å². The van der Waals surface area contributed by atoms with Crippen molar-refractivity contribution in [1.29, 1.82) is 0 Å². The molecule has 0 atom stereocenters. The van der Waals surface area contributed by atoms with Crippen LogP contribution in [-0.4, -0.2) is 25.9 Å². The maximum absolute atomic E-state index is 12.5. The topological polar surface area (TPSA) is 114 Å². The van der Waals surface area contributed by atoms with Crippen LogP contribution in [0.2, 0.25) is 0 Å². The Bertz CT molecular complexity index is 795. The maximum atomic E-state index is 12.5. The van der Waals surface area contributed by atoms with Gasteiger partial charge in [-0.15, -0.1) is 0 Å². The van der Waals surface area contributed by atoms with Gasteiger partial charge in [-0.05, 0) is 24.3 Å². The summed E-state index contributed by atoms with van der Waals surface area (Å²) in [7, 11) is -9.32. The van der Waals surface area contributed by atoms with Gasteiger partial charge in [0.05, 0.1) is 9.79 Å². The van der Waals surface area contributed by atoms with Gasteiger partial charge in [-0.1, -0.05) is 24.3 Å². The molecule has 0 amide bonds. The van der Waals surface area contributed by atoms with Gasteiger partial charge in [0.1, 0.15) is 31.9 Å². The second-order valence-electron chi connectivity index (χ2n) is 3.77. The third kappa shape index (κ3) is 7.42. The van der Waals surface area contributed by atoms with Crippen molar-refractivity contribution in [3.8, 4) is 0 Å². The van der Waals surface area contributed by atoms with E-state index in [1.807, 2.05) is 0 Å². The molecule has 23 heavy (non-hydrogen) atoms. The fraction of sp³-hybridized carbons (Fsp3) is 0. The molecule has 0 fully saturated rings. The van der Waals surface area contributed by atoms with Crippen LogP contribution in [0.3, 0.4) is 0 Å². The number of hydrogen-bond donors (Lipinski definition) is 0. The first-order valence-corrected chi connectivity index (χ1v) is 8.26. The van der Waals surface area contributed by atoms with Gasteiger partial charge in [0.25, 0.3) is 0 Å². The van der Waals surface area contributed by atoms with Crippen LogP contribution in [0.4, 0.5) is 8.78 Å². The third-order valence-electron chi connectivity index (χ3n) is 2.21. The Morgan fingerprint density at radius 1 is 0.652 bits per heavy atom. The average molecular weight is 502 g/mol. The van der Waals surface area contributed by atoms with E-state index in [1.165, 1.54) is 24.3 Å². The molecule has 1 radical (unpaired) electrons. The quantitative estimate of drug-likeness (QED) is 0.575. The average Bonchev–Trinajstić information content (AvgIpc) is 2.37. The van der Waals surface area contributed by atoms with Crippen LogP contribution >= 0.6 is 0 Å². The van der Waals surface area contributed by atoms with Crippen LogP contribution in [0.5, 0.6) is 0 Å². The molecular formula is C12H8EuF2O6S2. The van der Waals surface area contributed by atoms with Crippen molar-refractivity contribution in [3.63, 3.8) is 0 Å². The van der Waals surface area contributed by atoms with Crippen molar-refractivity contribution < 1.29 is 84.1 Å². The van der Waals surface area contributed by atoms with Gasteiger partial charge in [-0.2, -0.15) is 0 Å². The molecule has 0 saturated heterocycles. The summed E-state index contributed by atoms with van der Waals surface area (Å²) in [5.74, 6) is -2.02. The SMILES string of the molecule is O=S(=O)([O-])c1ccccc1F.O=S(=O)([O-])c1ccccc1F.[Eu+2]. The molecule has 0 bridgehead atoms. The molecule has 0 aliphatic carbocycles. The van der Waals surface area contributed by atoms with Gasteiger partial charge >= 0.3 is 49.4 Å². The van der Waals surface area contributed by atoms with Crippen LogP contribution in [0.1, 0.15) is 0 Å². The Hall–Kier alpha value is -0.296. The summed E-state index contributed by atoms with van der Waals surface area (Å²) >= 11 is 0. The monoisotopic (exact) mass is 503 g/mol. The molecule has 2 rings (SSSR count). The van der Waals surface area contributed by atoms with Crippen LogP contribution < -0.4 is 0 Å². The van der Waals surface area contributed by atoms with E-state index >= 15 is 0 Å². The third-order valence-corrected chi connectivity index (χ3v) is 3.95. The minimum atomic E-state index is -4.66. The molecule has 0 N–H and O–H groups in total.